The van der Waals surface area contributed by atoms with E-state index < -0.39 is 0 Å². The van der Waals surface area contributed by atoms with Crippen molar-refractivity contribution in [1.29, 1.82) is 0 Å². The maximum atomic E-state index is 12.6. The fourth-order valence-electron chi connectivity index (χ4n) is 3.51. The minimum absolute atomic E-state index is 0.0955. The summed E-state index contributed by atoms with van der Waals surface area (Å²) in [5.74, 6) is -0.344. The summed E-state index contributed by atoms with van der Waals surface area (Å²) in [6.07, 6.45) is 0.837. The SMILES string of the molecule is CCc1ccccc1NC(=O)CN(C)CC(=O)Nc1c(C)nn(-c2ccccc2)c1C. The summed E-state index contributed by atoms with van der Waals surface area (Å²) in [6, 6.07) is 17.5. The third kappa shape index (κ3) is 5.58. The highest BCUT2D eigenvalue weighted by Gasteiger charge is 2.17. The molecule has 31 heavy (non-hydrogen) atoms. The molecule has 0 fully saturated rings. The fourth-order valence-corrected chi connectivity index (χ4v) is 3.51. The zero-order valence-electron chi connectivity index (χ0n) is 18.5. The lowest BCUT2D eigenvalue weighted by molar-refractivity contribution is -0.119. The number of hydrogen-bond acceptors (Lipinski definition) is 4. The first-order chi connectivity index (χ1) is 14.9. The van der Waals surface area contributed by atoms with Crippen LogP contribution in [0.3, 0.4) is 0 Å². The molecule has 2 amide bonds. The standard InChI is InChI=1S/C24H29N5O2/c1-5-19-11-9-10-14-21(19)25-22(30)15-28(4)16-23(31)26-24-17(2)27-29(18(24)3)20-12-7-6-8-13-20/h6-14H,5,15-16H2,1-4H3,(H,25,30)(H,26,31). The summed E-state index contributed by atoms with van der Waals surface area (Å²) in [7, 11) is 1.75. The van der Waals surface area contributed by atoms with E-state index in [4.69, 9.17) is 0 Å². The summed E-state index contributed by atoms with van der Waals surface area (Å²) in [6.45, 7) is 6.05. The summed E-state index contributed by atoms with van der Waals surface area (Å²) in [5, 5.41) is 10.4. The van der Waals surface area contributed by atoms with Gasteiger partial charge in [0, 0.05) is 5.69 Å². The molecular weight excluding hydrogens is 390 g/mol. The van der Waals surface area contributed by atoms with Crippen LogP contribution in [-0.2, 0) is 16.0 Å². The number of rotatable bonds is 8. The van der Waals surface area contributed by atoms with E-state index in [-0.39, 0.29) is 24.9 Å². The maximum Gasteiger partial charge on any atom is 0.238 e. The molecule has 3 aromatic rings. The summed E-state index contributed by atoms with van der Waals surface area (Å²) in [5.41, 5.74) is 5.12. The van der Waals surface area contributed by atoms with Crippen LogP contribution in [-0.4, -0.2) is 46.6 Å². The van der Waals surface area contributed by atoms with Crippen LogP contribution in [0, 0.1) is 13.8 Å². The van der Waals surface area contributed by atoms with Crippen molar-refractivity contribution in [3.8, 4) is 5.69 Å². The molecule has 7 heteroatoms. The monoisotopic (exact) mass is 419 g/mol. The van der Waals surface area contributed by atoms with E-state index in [9.17, 15) is 9.59 Å². The van der Waals surface area contributed by atoms with E-state index in [1.165, 1.54) is 0 Å². The number of hydrogen-bond donors (Lipinski definition) is 2. The minimum Gasteiger partial charge on any atom is -0.325 e. The van der Waals surface area contributed by atoms with E-state index in [2.05, 4.69) is 15.7 Å². The molecule has 3 rings (SSSR count). The van der Waals surface area contributed by atoms with E-state index in [1.54, 1.807) is 11.9 Å². The van der Waals surface area contributed by atoms with Gasteiger partial charge in [-0.25, -0.2) is 4.68 Å². The second-order valence-electron chi connectivity index (χ2n) is 7.57. The van der Waals surface area contributed by atoms with Crippen LogP contribution >= 0.6 is 0 Å². The maximum absolute atomic E-state index is 12.6. The third-order valence-electron chi connectivity index (χ3n) is 5.06. The number of nitrogens with zero attached hydrogens (tertiary/aromatic N) is 3. The smallest absolute Gasteiger partial charge is 0.238 e. The minimum atomic E-state index is -0.192. The summed E-state index contributed by atoms with van der Waals surface area (Å²) in [4.78, 5) is 26.7. The Balaban J connectivity index is 1.58. The number of carbonyl (C=O) groups is 2. The Morgan fingerprint density at radius 2 is 1.55 bits per heavy atom. The van der Waals surface area contributed by atoms with E-state index in [1.807, 2.05) is 80.1 Å². The highest BCUT2D eigenvalue weighted by Crippen LogP contribution is 2.22. The number of para-hydroxylation sites is 2. The van der Waals surface area contributed by atoms with Crippen LogP contribution in [0.2, 0.25) is 0 Å². The molecule has 0 atom stereocenters. The van der Waals surface area contributed by atoms with E-state index in [0.717, 1.165) is 34.7 Å². The number of anilines is 2. The molecule has 0 spiro atoms. The number of benzene rings is 2. The van der Waals surface area contributed by atoms with Gasteiger partial charge in [-0.1, -0.05) is 43.3 Å². The lowest BCUT2D eigenvalue weighted by Crippen LogP contribution is -2.36. The highest BCUT2D eigenvalue weighted by atomic mass is 16.2. The Morgan fingerprint density at radius 3 is 2.23 bits per heavy atom. The Kier molecular flexibility index (Phi) is 7.20. The molecule has 0 aliphatic rings. The lowest BCUT2D eigenvalue weighted by Gasteiger charge is -2.17. The van der Waals surface area contributed by atoms with Crippen molar-refractivity contribution in [2.24, 2.45) is 0 Å². The van der Waals surface area contributed by atoms with Crippen molar-refractivity contribution >= 4 is 23.2 Å². The van der Waals surface area contributed by atoms with Gasteiger partial charge in [-0.2, -0.15) is 5.10 Å². The topological polar surface area (TPSA) is 79.3 Å². The second-order valence-corrected chi connectivity index (χ2v) is 7.57. The van der Waals surface area contributed by atoms with Crippen molar-refractivity contribution in [3.63, 3.8) is 0 Å². The van der Waals surface area contributed by atoms with Gasteiger partial charge in [-0.3, -0.25) is 14.5 Å². The molecular formula is C24H29N5O2. The van der Waals surface area contributed by atoms with Crippen LogP contribution in [0.5, 0.6) is 0 Å². The first-order valence-corrected chi connectivity index (χ1v) is 10.4. The molecule has 162 valence electrons. The number of aryl methyl sites for hydroxylation is 2. The number of nitrogens with one attached hydrogen (secondary N) is 2. The van der Waals surface area contributed by atoms with Gasteiger partial charge in [0.25, 0.3) is 0 Å². The van der Waals surface area contributed by atoms with E-state index >= 15 is 0 Å². The van der Waals surface area contributed by atoms with Gasteiger partial charge in [0.15, 0.2) is 0 Å². The molecule has 0 radical (unpaired) electrons. The van der Waals surface area contributed by atoms with Gasteiger partial charge in [0.05, 0.1) is 35.9 Å². The van der Waals surface area contributed by atoms with E-state index in [0.29, 0.717) is 5.69 Å². The molecule has 7 nitrogen and oxygen atoms in total. The van der Waals surface area contributed by atoms with Gasteiger partial charge in [-0.05, 0) is 51.1 Å². The second kappa shape index (κ2) is 10.0. The van der Waals surface area contributed by atoms with Crippen molar-refractivity contribution < 1.29 is 9.59 Å². The number of aromatic nitrogens is 2. The Bertz CT molecular complexity index is 1060. The lowest BCUT2D eigenvalue weighted by atomic mass is 10.1. The average Bonchev–Trinajstić information content (AvgIpc) is 3.02. The molecule has 2 N–H and O–H groups in total. The Morgan fingerprint density at radius 1 is 0.935 bits per heavy atom. The molecule has 1 heterocycles. The highest BCUT2D eigenvalue weighted by molar-refractivity contribution is 5.95. The van der Waals surface area contributed by atoms with Crippen LogP contribution in [0.15, 0.2) is 54.6 Å². The molecule has 0 aliphatic heterocycles. The number of likely N-dealkylation sites (N-methyl/N-ethyl adjacent to an activating group) is 1. The number of carbonyl (C=O) groups excluding carboxylic acids is 2. The molecule has 0 aliphatic carbocycles. The quantitative estimate of drug-likeness (QED) is 0.585. The van der Waals surface area contributed by atoms with Crippen LogP contribution in [0.4, 0.5) is 11.4 Å². The fraction of sp³-hybridized carbons (Fsp3) is 0.292. The van der Waals surface area contributed by atoms with Crippen molar-refractivity contribution in [3.05, 3.63) is 71.5 Å². The molecule has 2 aromatic carbocycles. The molecule has 0 bridgehead atoms. The van der Waals surface area contributed by atoms with Crippen LogP contribution in [0.1, 0.15) is 23.9 Å². The van der Waals surface area contributed by atoms with Crippen LogP contribution in [0.25, 0.3) is 5.69 Å². The molecule has 0 saturated heterocycles. The number of amides is 2. The Hall–Kier alpha value is -3.45. The molecule has 1 aromatic heterocycles. The normalized spacial score (nSPS) is 10.9. The summed E-state index contributed by atoms with van der Waals surface area (Å²) < 4.78 is 1.81. The van der Waals surface area contributed by atoms with Gasteiger partial charge < -0.3 is 10.6 Å². The largest absolute Gasteiger partial charge is 0.325 e. The third-order valence-corrected chi connectivity index (χ3v) is 5.06. The first-order valence-electron chi connectivity index (χ1n) is 10.4. The molecule has 0 saturated carbocycles. The first kappa shape index (κ1) is 22.2. The van der Waals surface area contributed by atoms with Crippen molar-refractivity contribution in [2.45, 2.75) is 27.2 Å². The zero-order chi connectivity index (χ0) is 22.4. The summed E-state index contributed by atoms with van der Waals surface area (Å²) >= 11 is 0. The molecule has 0 unspecified atom stereocenters. The van der Waals surface area contributed by atoms with Gasteiger partial charge in [0.2, 0.25) is 11.8 Å². The Labute approximate surface area is 183 Å². The predicted molar refractivity (Wildman–Crippen MR) is 124 cm³/mol. The van der Waals surface area contributed by atoms with Crippen molar-refractivity contribution in [1.82, 2.24) is 14.7 Å². The van der Waals surface area contributed by atoms with Gasteiger partial charge >= 0.3 is 0 Å². The zero-order valence-corrected chi connectivity index (χ0v) is 18.5. The van der Waals surface area contributed by atoms with Crippen molar-refractivity contribution in [2.75, 3.05) is 30.8 Å². The van der Waals surface area contributed by atoms with Gasteiger partial charge in [-0.15, -0.1) is 0 Å². The van der Waals surface area contributed by atoms with Crippen LogP contribution < -0.4 is 10.6 Å². The average molecular weight is 420 g/mol. The predicted octanol–water partition coefficient (Wildman–Crippen LogP) is 3.56. The van der Waals surface area contributed by atoms with Gasteiger partial charge in [0.1, 0.15) is 0 Å².